The van der Waals surface area contributed by atoms with Crippen LogP contribution in [-0.2, 0) is 16.0 Å². The van der Waals surface area contributed by atoms with Gasteiger partial charge in [-0.05, 0) is 36.2 Å². The van der Waals surface area contributed by atoms with Crippen LogP contribution in [0.2, 0.25) is 5.02 Å². The van der Waals surface area contributed by atoms with Gasteiger partial charge in [-0.25, -0.2) is 4.79 Å². The molecule has 0 heterocycles. The highest BCUT2D eigenvalue weighted by molar-refractivity contribution is 6.33. The van der Waals surface area contributed by atoms with Gasteiger partial charge in [-0.2, -0.15) is 0 Å². The molecule has 0 aliphatic carbocycles. The van der Waals surface area contributed by atoms with Crippen molar-refractivity contribution in [1.82, 2.24) is 0 Å². The van der Waals surface area contributed by atoms with Gasteiger partial charge < -0.3 is 14.8 Å². The van der Waals surface area contributed by atoms with Crippen molar-refractivity contribution in [2.75, 3.05) is 19.0 Å². The molecule has 5 nitrogen and oxygen atoms in total. The molecule has 0 bridgehead atoms. The Morgan fingerprint density at radius 2 is 1.92 bits per heavy atom. The SMILES string of the molecule is CCc1ccccc1OCC(=O)Nc1cc(C(=O)OC)ccc1Cl. The zero-order chi connectivity index (χ0) is 17.5. The van der Waals surface area contributed by atoms with Gasteiger partial charge in [0, 0.05) is 0 Å². The molecule has 0 atom stereocenters. The van der Waals surface area contributed by atoms with Gasteiger partial charge in [-0.3, -0.25) is 4.79 Å². The van der Waals surface area contributed by atoms with Crippen molar-refractivity contribution in [3.8, 4) is 5.75 Å². The molecule has 24 heavy (non-hydrogen) atoms. The summed E-state index contributed by atoms with van der Waals surface area (Å²) in [6.45, 7) is 1.86. The standard InChI is InChI=1S/C18H18ClNO4/c1-3-12-6-4-5-7-16(12)24-11-17(21)20-15-10-13(18(22)23-2)8-9-14(15)19/h4-10H,3,11H2,1-2H3,(H,20,21). The van der Waals surface area contributed by atoms with E-state index in [1.54, 1.807) is 0 Å². The number of carbonyl (C=O) groups excluding carboxylic acids is 2. The molecule has 0 aliphatic rings. The summed E-state index contributed by atoms with van der Waals surface area (Å²) in [6.07, 6.45) is 0.810. The molecular formula is C18H18ClNO4. The maximum absolute atomic E-state index is 12.1. The van der Waals surface area contributed by atoms with Crippen LogP contribution in [0.15, 0.2) is 42.5 Å². The van der Waals surface area contributed by atoms with E-state index in [4.69, 9.17) is 16.3 Å². The minimum absolute atomic E-state index is 0.157. The number of halogens is 1. The number of amides is 1. The lowest BCUT2D eigenvalue weighted by atomic mass is 10.1. The highest BCUT2D eigenvalue weighted by Crippen LogP contribution is 2.24. The van der Waals surface area contributed by atoms with Crippen LogP contribution in [0.1, 0.15) is 22.8 Å². The van der Waals surface area contributed by atoms with Gasteiger partial charge in [0.05, 0.1) is 23.4 Å². The monoisotopic (exact) mass is 347 g/mol. The first-order valence-corrected chi connectivity index (χ1v) is 7.81. The smallest absolute Gasteiger partial charge is 0.337 e. The Balaban J connectivity index is 2.03. The minimum Gasteiger partial charge on any atom is -0.483 e. The molecule has 2 aromatic carbocycles. The number of benzene rings is 2. The molecule has 2 rings (SSSR count). The number of methoxy groups -OCH3 is 1. The van der Waals surface area contributed by atoms with Crippen molar-refractivity contribution in [2.45, 2.75) is 13.3 Å². The summed E-state index contributed by atoms with van der Waals surface area (Å²) >= 11 is 6.05. The van der Waals surface area contributed by atoms with E-state index < -0.39 is 5.97 Å². The molecule has 2 aromatic rings. The molecule has 0 fully saturated rings. The molecule has 1 amide bonds. The second kappa shape index (κ2) is 8.36. The van der Waals surface area contributed by atoms with Gasteiger partial charge in [0.1, 0.15) is 5.75 Å². The van der Waals surface area contributed by atoms with E-state index in [-0.39, 0.29) is 12.5 Å². The maximum Gasteiger partial charge on any atom is 0.337 e. The van der Waals surface area contributed by atoms with Crippen LogP contribution in [0.3, 0.4) is 0 Å². The summed E-state index contributed by atoms with van der Waals surface area (Å²) in [5.74, 6) is -0.204. The largest absolute Gasteiger partial charge is 0.483 e. The van der Waals surface area contributed by atoms with Crippen LogP contribution in [-0.4, -0.2) is 25.6 Å². The maximum atomic E-state index is 12.1. The summed E-state index contributed by atoms with van der Waals surface area (Å²) in [7, 11) is 1.29. The second-order valence-corrected chi connectivity index (χ2v) is 5.39. The minimum atomic E-state index is -0.504. The first-order valence-electron chi connectivity index (χ1n) is 7.43. The van der Waals surface area contributed by atoms with Crippen LogP contribution in [0.25, 0.3) is 0 Å². The Labute approximate surface area is 145 Å². The van der Waals surface area contributed by atoms with Gasteiger partial charge in [0.15, 0.2) is 6.61 Å². The molecule has 0 aromatic heterocycles. The number of anilines is 1. The number of nitrogens with one attached hydrogen (secondary N) is 1. The van der Waals surface area contributed by atoms with E-state index in [1.165, 1.54) is 25.3 Å². The molecule has 0 aliphatic heterocycles. The van der Waals surface area contributed by atoms with Gasteiger partial charge in [0.25, 0.3) is 5.91 Å². The van der Waals surface area contributed by atoms with Crippen molar-refractivity contribution < 1.29 is 19.1 Å². The van der Waals surface area contributed by atoms with Gasteiger partial charge in [-0.15, -0.1) is 0 Å². The lowest BCUT2D eigenvalue weighted by Gasteiger charge is -2.12. The average Bonchev–Trinajstić information content (AvgIpc) is 2.61. The summed E-state index contributed by atoms with van der Waals surface area (Å²) < 4.78 is 10.2. The zero-order valence-corrected chi connectivity index (χ0v) is 14.2. The number of para-hydroxylation sites is 1. The Morgan fingerprint density at radius 3 is 2.62 bits per heavy atom. The Morgan fingerprint density at radius 1 is 1.17 bits per heavy atom. The second-order valence-electron chi connectivity index (χ2n) is 4.98. The molecule has 126 valence electrons. The number of carbonyl (C=O) groups is 2. The fourth-order valence-corrected chi connectivity index (χ4v) is 2.30. The third-order valence-electron chi connectivity index (χ3n) is 3.37. The third kappa shape index (κ3) is 4.49. The van der Waals surface area contributed by atoms with Crippen molar-refractivity contribution in [3.05, 3.63) is 58.6 Å². The van der Waals surface area contributed by atoms with E-state index in [1.807, 2.05) is 31.2 Å². The molecule has 6 heteroatoms. The number of hydrogen-bond acceptors (Lipinski definition) is 4. The average molecular weight is 348 g/mol. The number of esters is 1. The summed E-state index contributed by atoms with van der Waals surface area (Å²) in [5.41, 5.74) is 1.66. The zero-order valence-electron chi connectivity index (χ0n) is 13.5. The fraction of sp³-hybridized carbons (Fsp3) is 0.222. The summed E-state index contributed by atoms with van der Waals surface area (Å²) in [6, 6.07) is 12.0. The van der Waals surface area contributed by atoms with Crippen LogP contribution >= 0.6 is 11.6 Å². The van der Waals surface area contributed by atoms with E-state index >= 15 is 0 Å². The van der Waals surface area contributed by atoms with E-state index in [0.29, 0.717) is 22.0 Å². The van der Waals surface area contributed by atoms with Crippen molar-refractivity contribution >= 4 is 29.2 Å². The Hall–Kier alpha value is -2.53. The first-order chi connectivity index (χ1) is 11.5. The number of ether oxygens (including phenoxy) is 2. The quantitative estimate of drug-likeness (QED) is 0.809. The third-order valence-corrected chi connectivity index (χ3v) is 3.70. The van der Waals surface area contributed by atoms with Crippen LogP contribution < -0.4 is 10.1 Å². The molecule has 0 unspecified atom stereocenters. The number of rotatable bonds is 6. The van der Waals surface area contributed by atoms with Crippen LogP contribution in [0.4, 0.5) is 5.69 Å². The predicted molar refractivity (Wildman–Crippen MR) is 92.7 cm³/mol. The molecule has 0 saturated carbocycles. The first kappa shape index (κ1) is 17.8. The topological polar surface area (TPSA) is 64.6 Å². The van der Waals surface area contributed by atoms with E-state index in [2.05, 4.69) is 10.1 Å². The van der Waals surface area contributed by atoms with Crippen molar-refractivity contribution in [3.63, 3.8) is 0 Å². The Kier molecular flexibility index (Phi) is 6.21. The van der Waals surface area contributed by atoms with Gasteiger partial charge in [0.2, 0.25) is 0 Å². The number of hydrogen-bond donors (Lipinski definition) is 1. The van der Waals surface area contributed by atoms with Gasteiger partial charge >= 0.3 is 5.97 Å². The highest BCUT2D eigenvalue weighted by Gasteiger charge is 2.12. The van der Waals surface area contributed by atoms with Crippen LogP contribution in [0.5, 0.6) is 5.75 Å². The van der Waals surface area contributed by atoms with Crippen molar-refractivity contribution in [1.29, 1.82) is 0 Å². The number of aryl methyl sites for hydroxylation is 1. The van der Waals surface area contributed by atoms with Crippen LogP contribution in [0, 0.1) is 0 Å². The molecule has 0 saturated heterocycles. The molecule has 1 N–H and O–H groups in total. The predicted octanol–water partition coefficient (Wildman–Crippen LogP) is 3.71. The fourth-order valence-electron chi connectivity index (χ4n) is 2.13. The lowest BCUT2D eigenvalue weighted by Crippen LogP contribution is -2.21. The van der Waals surface area contributed by atoms with Crippen molar-refractivity contribution in [2.24, 2.45) is 0 Å². The molecular weight excluding hydrogens is 330 g/mol. The van der Waals surface area contributed by atoms with Gasteiger partial charge in [-0.1, -0.05) is 36.7 Å². The summed E-state index contributed by atoms with van der Waals surface area (Å²) in [4.78, 5) is 23.6. The van der Waals surface area contributed by atoms with E-state index in [0.717, 1.165) is 12.0 Å². The lowest BCUT2D eigenvalue weighted by molar-refractivity contribution is -0.118. The molecule has 0 spiro atoms. The highest BCUT2D eigenvalue weighted by atomic mass is 35.5. The van der Waals surface area contributed by atoms with E-state index in [9.17, 15) is 9.59 Å². The molecule has 0 radical (unpaired) electrons. The Bertz CT molecular complexity index is 746. The summed E-state index contributed by atoms with van der Waals surface area (Å²) in [5, 5.41) is 2.96. The normalized spacial score (nSPS) is 10.1.